The standard InChI is InChI=1S/C25H16Cl2O2/c26-19-10-6-16(7-11-19)8-13-22(28)25-23(29)14-18-9-12-20(27)15-21(18)24(25)17-4-2-1-3-5-17/h1-13,15H,14H2. The van der Waals surface area contributed by atoms with Gasteiger partial charge in [0.15, 0.2) is 11.6 Å². The van der Waals surface area contributed by atoms with Gasteiger partial charge in [0.2, 0.25) is 0 Å². The lowest BCUT2D eigenvalue weighted by Gasteiger charge is -2.22. The smallest absolute Gasteiger partial charge is 0.190 e. The number of hydrogen-bond donors (Lipinski definition) is 0. The third-order valence-electron chi connectivity index (χ3n) is 4.83. The Balaban J connectivity index is 1.85. The largest absolute Gasteiger partial charge is 0.294 e. The van der Waals surface area contributed by atoms with Gasteiger partial charge in [0.05, 0.1) is 5.57 Å². The second-order valence-corrected chi connectivity index (χ2v) is 7.64. The predicted molar refractivity (Wildman–Crippen MR) is 118 cm³/mol. The fourth-order valence-corrected chi connectivity index (χ4v) is 3.76. The molecule has 0 saturated carbocycles. The van der Waals surface area contributed by atoms with Crippen LogP contribution in [0.5, 0.6) is 0 Å². The molecule has 0 fully saturated rings. The maximum atomic E-state index is 13.1. The lowest BCUT2D eigenvalue weighted by Crippen LogP contribution is -2.21. The molecule has 0 unspecified atom stereocenters. The first-order chi connectivity index (χ1) is 14.0. The van der Waals surface area contributed by atoms with Crippen molar-refractivity contribution >= 4 is 46.4 Å². The number of Topliss-reactive ketones (excluding diaryl/α,β-unsaturated/α-hetero) is 1. The van der Waals surface area contributed by atoms with E-state index in [0.717, 1.165) is 22.3 Å². The van der Waals surface area contributed by atoms with Gasteiger partial charge in [0.25, 0.3) is 0 Å². The van der Waals surface area contributed by atoms with Crippen molar-refractivity contribution in [2.45, 2.75) is 6.42 Å². The van der Waals surface area contributed by atoms with E-state index in [2.05, 4.69) is 0 Å². The maximum Gasteiger partial charge on any atom is 0.190 e. The lowest BCUT2D eigenvalue weighted by molar-refractivity contribution is -0.119. The number of benzene rings is 3. The highest BCUT2D eigenvalue weighted by Gasteiger charge is 2.29. The van der Waals surface area contributed by atoms with Crippen molar-refractivity contribution in [2.24, 2.45) is 0 Å². The van der Waals surface area contributed by atoms with E-state index in [-0.39, 0.29) is 23.6 Å². The normalized spacial score (nSPS) is 13.7. The van der Waals surface area contributed by atoms with E-state index < -0.39 is 0 Å². The summed E-state index contributed by atoms with van der Waals surface area (Å²) in [5.74, 6) is -0.515. The van der Waals surface area contributed by atoms with Crippen LogP contribution in [-0.4, -0.2) is 11.6 Å². The molecule has 0 amide bonds. The Labute approximate surface area is 179 Å². The molecule has 142 valence electrons. The molecule has 0 aliphatic heterocycles. The summed E-state index contributed by atoms with van der Waals surface area (Å²) < 4.78 is 0. The quantitative estimate of drug-likeness (QED) is 0.373. The van der Waals surface area contributed by atoms with Gasteiger partial charge in [0.1, 0.15) is 0 Å². The SMILES string of the molecule is O=C(C=Cc1ccc(Cl)cc1)C1=C(c2ccccc2)c2cc(Cl)ccc2CC1=O. The summed E-state index contributed by atoms with van der Waals surface area (Å²) in [6, 6.07) is 22.0. The average molecular weight is 419 g/mol. The molecule has 0 radical (unpaired) electrons. The zero-order valence-electron chi connectivity index (χ0n) is 15.4. The summed E-state index contributed by atoms with van der Waals surface area (Å²) in [5, 5.41) is 1.19. The summed E-state index contributed by atoms with van der Waals surface area (Å²) in [4.78, 5) is 26.1. The van der Waals surface area contributed by atoms with Gasteiger partial charge in [-0.3, -0.25) is 9.59 Å². The topological polar surface area (TPSA) is 34.1 Å². The number of carbonyl (C=O) groups excluding carboxylic acids is 2. The Morgan fingerprint density at radius 1 is 0.862 bits per heavy atom. The maximum absolute atomic E-state index is 13.1. The second-order valence-electron chi connectivity index (χ2n) is 6.77. The van der Waals surface area contributed by atoms with Crippen molar-refractivity contribution in [1.82, 2.24) is 0 Å². The number of halogens is 2. The van der Waals surface area contributed by atoms with Crippen LogP contribution < -0.4 is 0 Å². The summed E-state index contributed by atoms with van der Waals surface area (Å²) >= 11 is 12.1. The molecule has 1 aliphatic carbocycles. The number of rotatable bonds is 4. The van der Waals surface area contributed by atoms with Crippen LogP contribution in [0.4, 0.5) is 0 Å². The third-order valence-corrected chi connectivity index (χ3v) is 5.31. The molecule has 4 rings (SSSR count). The average Bonchev–Trinajstić information content (AvgIpc) is 2.73. The molecular weight excluding hydrogens is 403 g/mol. The minimum Gasteiger partial charge on any atom is -0.294 e. The van der Waals surface area contributed by atoms with Crippen molar-refractivity contribution in [2.75, 3.05) is 0 Å². The van der Waals surface area contributed by atoms with Crippen LogP contribution in [0.2, 0.25) is 10.0 Å². The molecule has 4 heteroatoms. The number of hydrogen-bond acceptors (Lipinski definition) is 2. The highest BCUT2D eigenvalue weighted by Crippen LogP contribution is 2.36. The zero-order valence-corrected chi connectivity index (χ0v) is 16.9. The summed E-state index contributed by atoms with van der Waals surface area (Å²) in [5.41, 5.74) is 4.16. The fraction of sp³-hybridized carbons (Fsp3) is 0.0400. The van der Waals surface area contributed by atoms with Gasteiger partial charge in [-0.15, -0.1) is 0 Å². The third kappa shape index (κ3) is 4.09. The van der Waals surface area contributed by atoms with E-state index in [1.54, 1.807) is 24.3 Å². The minimum absolute atomic E-state index is 0.179. The fourth-order valence-electron chi connectivity index (χ4n) is 3.47. The van der Waals surface area contributed by atoms with E-state index in [0.29, 0.717) is 15.6 Å². The van der Waals surface area contributed by atoms with Crippen LogP contribution in [0.25, 0.3) is 11.6 Å². The Morgan fingerprint density at radius 2 is 1.55 bits per heavy atom. The van der Waals surface area contributed by atoms with E-state index in [9.17, 15) is 9.59 Å². The molecule has 29 heavy (non-hydrogen) atoms. The predicted octanol–water partition coefficient (Wildman–Crippen LogP) is 6.20. The Kier molecular flexibility index (Phi) is 5.48. The second kappa shape index (κ2) is 8.20. The van der Waals surface area contributed by atoms with Gasteiger partial charge >= 0.3 is 0 Å². The highest BCUT2D eigenvalue weighted by atomic mass is 35.5. The molecule has 0 heterocycles. The first-order valence-corrected chi connectivity index (χ1v) is 9.88. The van der Waals surface area contributed by atoms with Gasteiger partial charge in [0, 0.05) is 22.0 Å². The first kappa shape index (κ1) is 19.4. The van der Waals surface area contributed by atoms with E-state index in [1.165, 1.54) is 6.08 Å². The van der Waals surface area contributed by atoms with E-state index in [1.807, 2.05) is 54.6 Å². The van der Waals surface area contributed by atoms with Gasteiger partial charge in [-0.05, 0) is 52.6 Å². The van der Waals surface area contributed by atoms with E-state index in [4.69, 9.17) is 23.2 Å². The monoisotopic (exact) mass is 418 g/mol. The highest BCUT2D eigenvalue weighted by molar-refractivity contribution is 6.33. The number of fused-ring (bicyclic) bond motifs is 1. The summed E-state index contributed by atoms with van der Waals surface area (Å²) in [6.45, 7) is 0. The molecule has 3 aromatic carbocycles. The lowest BCUT2D eigenvalue weighted by atomic mass is 9.80. The van der Waals surface area contributed by atoms with Crippen molar-refractivity contribution in [3.05, 3.63) is 117 Å². The first-order valence-electron chi connectivity index (χ1n) is 9.12. The molecule has 0 saturated heterocycles. The number of carbonyl (C=O) groups is 2. The summed E-state index contributed by atoms with van der Waals surface area (Å²) in [6.07, 6.45) is 3.31. The van der Waals surface area contributed by atoms with Crippen LogP contribution in [0.15, 0.2) is 84.4 Å². The Bertz CT molecular complexity index is 1160. The molecule has 0 atom stereocenters. The molecule has 2 nitrogen and oxygen atoms in total. The molecule has 3 aromatic rings. The molecule has 0 bridgehead atoms. The Morgan fingerprint density at radius 3 is 2.28 bits per heavy atom. The van der Waals surface area contributed by atoms with Gasteiger partial charge in [-0.25, -0.2) is 0 Å². The van der Waals surface area contributed by atoms with Crippen LogP contribution >= 0.6 is 23.2 Å². The van der Waals surface area contributed by atoms with Gasteiger partial charge < -0.3 is 0 Å². The van der Waals surface area contributed by atoms with E-state index >= 15 is 0 Å². The van der Waals surface area contributed by atoms with Crippen LogP contribution in [0.3, 0.4) is 0 Å². The number of ketones is 2. The van der Waals surface area contributed by atoms with Crippen molar-refractivity contribution in [1.29, 1.82) is 0 Å². The van der Waals surface area contributed by atoms with Crippen molar-refractivity contribution in [3.8, 4) is 0 Å². The van der Waals surface area contributed by atoms with Crippen molar-refractivity contribution < 1.29 is 9.59 Å². The van der Waals surface area contributed by atoms with Gasteiger partial charge in [-0.1, -0.05) is 77.8 Å². The molecule has 0 N–H and O–H groups in total. The van der Waals surface area contributed by atoms with Crippen molar-refractivity contribution in [3.63, 3.8) is 0 Å². The minimum atomic E-state index is -0.325. The zero-order chi connectivity index (χ0) is 20.4. The molecule has 0 aromatic heterocycles. The Hall–Kier alpha value is -2.94. The molecular formula is C25H16Cl2O2. The number of allylic oxidation sites excluding steroid dienone is 2. The summed E-state index contributed by atoms with van der Waals surface area (Å²) in [7, 11) is 0. The van der Waals surface area contributed by atoms with Crippen LogP contribution in [0, 0.1) is 0 Å². The molecule has 1 aliphatic rings. The van der Waals surface area contributed by atoms with Gasteiger partial charge in [-0.2, -0.15) is 0 Å². The van der Waals surface area contributed by atoms with Crippen LogP contribution in [-0.2, 0) is 16.0 Å². The van der Waals surface area contributed by atoms with Crippen LogP contribution in [0.1, 0.15) is 22.3 Å². The molecule has 0 spiro atoms.